The topological polar surface area (TPSA) is 94.2 Å². The van der Waals surface area contributed by atoms with Gasteiger partial charge in [-0.3, -0.25) is 4.79 Å². The summed E-state index contributed by atoms with van der Waals surface area (Å²) in [7, 11) is -2.03. The van der Waals surface area contributed by atoms with Gasteiger partial charge in [-0.1, -0.05) is 12.1 Å². The number of nitrogens with zero attached hydrogens (tertiary/aromatic N) is 1. The Morgan fingerprint density at radius 3 is 2.32 bits per heavy atom. The molecule has 0 bridgehead atoms. The number of rotatable bonds is 7. The van der Waals surface area contributed by atoms with Crippen molar-refractivity contribution in [1.29, 1.82) is 0 Å². The SMILES string of the molecule is COc1ccc(C(NC(=O)C2CCN(S(=O)(=O)c3ccc4c(c3)OCCO4)CC2)C2CC2)cc1. The van der Waals surface area contributed by atoms with Crippen LogP contribution in [0.4, 0.5) is 0 Å². The van der Waals surface area contributed by atoms with Crippen molar-refractivity contribution in [3.8, 4) is 17.2 Å². The number of carbonyl (C=O) groups excluding carboxylic acids is 1. The van der Waals surface area contributed by atoms with Crippen LogP contribution >= 0.6 is 0 Å². The number of methoxy groups -OCH3 is 1. The molecule has 1 saturated heterocycles. The van der Waals surface area contributed by atoms with Gasteiger partial charge in [0.1, 0.15) is 19.0 Å². The smallest absolute Gasteiger partial charge is 0.243 e. The van der Waals surface area contributed by atoms with Crippen molar-refractivity contribution >= 4 is 15.9 Å². The predicted molar refractivity (Wildman–Crippen MR) is 126 cm³/mol. The average molecular weight is 487 g/mol. The Labute approximate surface area is 200 Å². The summed E-state index contributed by atoms with van der Waals surface area (Å²) in [6.07, 6.45) is 3.19. The highest BCUT2D eigenvalue weighted by Crippen LogP contribution is 2.42. The van der Waals surface area contributed by atoms with Crippen molar-refractivity contribution < 1.29 is 27.4 Å². The predicted octanol–water partition coefficient (Wildman–Crippen LogP) is 3.13. The zero-order valence-electron chi connectivity index (χ0n) is 19.2. The van der Waals surface area contributed by atoms with E-state index in [4.69, 9.17) is 14.2 Å². The minimum absolute atomic E-state index is 0.00379. The third-order valence-corrected chi connectivity index (χ3v) is 8.74. The maximum atomic E-state index is 13.2. The molecule has 34 heavy (non-hydrogen) atoms. The summed E-state index contributed by atoms with van der Waals surface area (Å²) in [5.74, 6) is 2.05. The number of hydrogen-bond acceptors (Lipinski definition) is 6. The van der Waals surface area contributed by atoms with Gasteiger partial charge in [-0.25, -0.2) is 8.42 Å². The Kier molecular flexibility index (Phi) is 6.40. The van der Waals surface area contributed by atoms with E-state index in [1.807, 2.05) is 24.3 Å². The summed E-state index contributed by atoms with van der Waals surface area (Å²) in [6, 6.07) is 12.5. The van der Waals surface area contributed by atoms with Crippen molar-refractivity contribution in [2.24, 2.45) is 11.8 Å². The number of piperidine rings is 1. The maximum absolute atomic E-state index is 13.2. The summed E-state index contributed by atoms with van der Waals surface area (Å²) < 4.78 is 44.1. The van der Waals surface area contributed by atoms with Gasteiger partial charge in [0.05, 0.1) is 18.0 Å². The molecule has 8 nitrogen and oxygen atoms in total. The van der Waals surface area contributed by atoms with Crippen LogP contribution in [0.3, 0.4) is 0 Å². The molecule has 2 heterocycles. The molecule has 2 aromatic carbocycles. The van der Waals surface area contributed by atoms with Crippen molar-refractivity contribution in [2.75, 3.05) is 33.4 Å². The molecule has 1 amide bonds. The number of amides is 1. The van der Waals surface area contributed by atoms with Gasteiger partial charge in [0.25, 0.3) is 0 Å². The van der Waals surface area contributed by atoms with Crippen molar-refractivity contribution in [1.82, 2.24) is 9.62 Å². The molecule has 3 aliphatic rings. The largest absolute Gasteiger partial charge is 0.497 e. The highest BCUT2D eigenvalue weighted by atomic mass is 32.2. The highest BCUT2D eigenvalue weighted by Gasteiger charge is 2.37. The first-order chi connectivity index (χ1) is 16.5. The van der Waals surface area contributed by atoms with Gasteiger partial charge >= 0.3 is 0 Å². The lowest BCUT2D eigenvalue weighted by Gasteiger charge is -2.32. The number of hydrogen-bond donors (Lipinski definition) is 1. The van der Waals surface area contributed by atoms with Crippen molar-refractivity contribution in [3.63, 3.8) is 0 Å². The zero-order chi connectivity index (χ0) is 23.7. The Hall–Kier alpha value is -2.78. The molecule has 1 unspecified atom stereocenters. The Balaban J connectivity index is 1.21. The van der Waals surface area contributed by atoms with E-state index < -0.39 is 10.0 Å². The molecular formula is C25H30N2O6S. The molecule has 1 saturated carbocycles. The number of sulfonamides is 1. The van der Waals surface area contributed by atoms with Gasteiger partial charge in [0, 0.05) is 25.1 Å². The second-order valence-electron chi connectivity index (χ2n) is 9.08. The fraction of sp³-hybridized carbons (Fsp3) is 0.480. The van der Waals surface area contributed by atoms with Crippen molar-refractivity contribution in [2.45, 2.75) is 36.6 Å². The van der Waals surface area contributed by atoms with Crippen LogP contribution in [0.1, 0.15) is 37.3 Å². The molecular weight excluding hydrogens is 456 g/mol. The van der Waals surface area contributed by atoms with Crippen LogP contribution in [-0.2, 0) is 14.8 Å². The van der Waals surface area contributed by atoms with Crippen LogP contribution in [0, 0.1) is 11.8 Å². The summed E-state index contributed by atoms with van der Waals surface area (Å²) in [4.78, 5) is 13.3. The van der Waals surface area contributed by atoms with Crippen LogP contribution < -0.4 is 19.5 Å². The molecule has 0 spiro atoms. The minimum Gasteiger partial charge on any atom is -0.497 e. The molecule has 1 atom stereocenters. The maximum Gasteiger partial charge on any atom is 0.243 e. The molecule has 5 rings (SSSR count). The quantitative estimate of drug-likeness (QED) is 0.646. The molecule has 0 aromatic heterocycles. The molecule has 1 aliphatic carbocycles. The molecule has 1 N–H and O–H groups in total. The average Bonchev–Trinajstić information content (AvgIpc) is 3.72. The van der Waals surface area contributed by atoms with E-state index in [1.165, 1.54) is 10.4 Å². The molecule has 182 valence electrons. The van der Waals surface area contributed by atoms with Crippen molar-refractivity contribution in [3.05, 3.63) is 48.0 Å². The van der Waals surface area contributed by atoms with E-state index in [1.54, 1.807) is 19.2 Å². The first kappa shape index (κ1) is 23.0. The highest BCUT2D eigenvalue weighted by molar-refractivity contribution is 7.89. The minimum atomic E-state index is -3.67. The van der Waals surface area contributed by atoms with Crippen LogP contribution in [0.2, 0.25) is 0 Å². The van der Waals surface area contributed by atoms with E-state index in [2.05, 4.69) is 5.32 Å². The molecule has 2 aliphatic heterocycles. The Morgan fingerprint density at radius 2 is 1.68 bits per heavy atom. The van der Waals surface area contributed by atoms with Gasteiger partial charge in [0.2, 0.25) is 15.9 Å². The summed E-state index contributed by atoms with van der Waals surface area (Å²) in [6.45, 7) is 1.47. The van der Waals surface area contributed by atoms with Gasteiger partial charge < -0.3 is 19.5 Å². The molecule has 2 fully saturated rings. The summed E-state index contributed by atoms with van der Waals surface area (Å²) in [5.41, 5.74) is 1.08. The number of nitrogens with one attached hydrogen (secondary N) is 1. The van der Waals surface area contributed by atoms with E-state index in [0.29, 0.717) is 56.6 Å². The summed E-state index contributed by atoms with van der Waals surface area (Å²) >= 11 is 0. The summed E-state index contributed by atoms with van der Waals surface area (Å²) in [5, 5.41) is 3.24. The Bertz CT molecular complexity index is 1140. The van der Waals surface area contributed by atoms with Crippen LogP contribution in [-0.4, -0.2) is 52.0 Å². The normalized spacial score (nSPS) is 19.9. The Morgan fingerprint density at radius 1 is 1.00 bits per heavy atom. The molecule has 2 aromatic rings. The second kappa shape index (κ2) is 9.46. The van der Waals surface area contributed by atoms with E-state index in [0.717, 1.165) is 24.2 Å². The fourth-order valence-corrected chi connectivity index (χ4v) is 6.16. The standard InChI is InChI=1S/C25H30N2O6S/c1-31-20-6-4-18(5-7-20)24(17-2-3-17)26-25(28)19-10-12-27(13-11-19)34(29,30)21-8-9-22-23(16-21)33-15-14-32-22/h4-9,16-17,19,24H,2-3,10-15H2,1H3,(H,26,28). The first-order valence-electron chi connectivity index (χ1n) is 11.8. The third-order valence-electron chi connectivity index (χ3n) is 6.84. The second-order valence-corrected chi connectivity index (χ2v) is 11.0. The van der Waals surface area contributed by atoms with Gasteiger partial charge in [-0.2, -0.15) is 4.31 Å². The lowest BCUT2D eigenvalue weighted by Crippen LogP contribution is -2.44. The number of ether oxygens (including phenoxy) is 3. The van der Waals surface area contributed by atoms with Gasteiger partial charge in [-0.15, -0.1) is 0 Å². The van der Waals surface area contributed by atoms with Crippen LogP contribution in [0.25, 0.3) is 0 Å². The first-order valence-corrected chi connectivity index (χ1v) is 13.2. The lowest BCUT2D eigenvalue weighted by molar-refractivity contribution is -0.127. The molecule has 9 heteroatoms. The number of fused-ring (bicyclic) bond motifs is 1. The van der Waals surface area contributed by atoms with Crippen LogP contribution in [0.5, 0.6) is 17.2 Å². The lowest BCUT2D eigenvalue weighted by atomic mass is 9.95. The van der Waals surface area contributed by atoms with E-state index >= 15 is 0 Å². The van der Waals surface area contributed by atoms with E-state index in [9.17, 15) is 13.2 Å². The monoisotopic (exact) mass is 486 g/mol. The number of carbonyl (C=O) groups is 1. The van der Waals surface area contributed by atoms with E-state index in [-0.39, 0.29) is 22.8 Å². The zero-order valence-corrected chi connectivity index (χ0v) is 20.1. The number of benzene rings is 2. The molecule has 0 radical (unpaired) electrons. The van der Waals surface area contributed by atoms with Gasteiger partial charge in [-0.05, 0) is 61.4 Å². The van der Waals surface area contributed by atoms with Gasteiger partial charge in [0.15, 0.2) is 11.5 Å². The van der Waals surface area contributed by atoms with Crippen LogP contribution in [0.15, 0.2) is 47.4 Å². The third kappa shape index (κ3) is 4.72. The fourth-order valence-electron chi connectivity index (χ4n) is 4.68.